The normalized spacial score (nSPS) is 9.39. The summed E-state index contributed by atoms with van der Waals surface area (Å²) >= 11 is 0. The fourth-order valence-corrected chi connectivity index (χ4v) is 1.70. The quantitative estimate of drug-likeness (QED) is 0.719. The highest BCUT2D eigenvalue weighted by Gasteiger charge is 2.02. The highest BCUT2D eigenvalue weighted by molar-refractivity contribution is 5.86. The van der Waals surface area contributed by atoms with Crippen LogP contribution in [-0.4, -0.2) is 24.3 Å². The predicted octanol–water partition coefficient (Wildman–Crippen LogP) is 1.71. The number of rotatable bonds is 3. The maximum Gasteiger partial charge on any atom is 0.245 e. The monoisotopic (exact) mass is 244 g/mol. The van der Waals surface area contributed by atoms with E-state index in [9.17, 15) is 4.79 Å². The lowest BCUT2D eigenvalue weighted by atomic mass is 10.0. The Morgan fingerprint density at radius 1 is 1.17 bits per heavy atom. The van der Waals surface area contributed by atoms with Gasteiger partial charge in [-0.25, -0.2) is 0 Å². The minimum atomic E-state index is -0.467. The summed E-state index contributed by atoms with van der Waals surface area (Å²) in [5.74, 6) is -0.354. The number of amides is 1. The van der Waals surface area contributed by atoms with E-state index in [2.05, 4.69) is 12.0 Å². The molecule has 0 aliphatic heterocycles. The fraction of sp³-hybridized carbons (Fsp3) is 0.143. The lowest BCUT2D eigenvalue weighted by Crippen LogP contribution is -2.25. The lowest BCUT2D eigenvalue weighted by Gasteiger charge is -2.07. The van der Waals surface area contributed by atoms with E-state index in [0.29, 0.717) is 6.54 Å². The van der Waals surface area contributed by atoms with Gasteiger partial charge in [0.2, 0.25) is 5.91 Å². The molecule has 4 nitrogen and oxygen atoms in total. The predicted molar refractivity (Wildman–Crippen MR) is 72.7 cm³/mol. The Labute approximate surface area is 106 Å². The van der Waals surface area contributed by atoms with Crippen molar-refractivity contribution < 1.29 is 9.90 Å². The van der Waals surface area contributed by atoms with Crippen LogP contribution in [0.25, 0.3) is 10.8 Å². The summed E-state index contributed by atoms with van der Waals surface area (Å²) in [7, 11) is 0. The molecule has 2 aromatic rings. The molecule has 0 atom stereocenters. The smallest absolute Gasteiger partial charge is 0.245 e. The van der Waals surface area contributed by atoms with Crippen LogP contribution in [0.3, 0.4) is 0 Å². The zero-order chi connectivity index (χ0) is 13.4. The van der Waals surface area contributed by atoms with E-state index < -0.39 is 6.61 Å². The third-order valence-electron chi connectivity index (χ3n) is 2.50. The van der Waals surface area contributed by atoms with Crippen LogP contribution in [-0.2, 0) is 11.3 Å². The van der Waals surface area contributed by atoms with E-state index in [0.717, 1.165) is 16.3 Å². The molecule has 0 spiro atoms. The zero-order valence-electron chi connectivity index (χ0n) is 10.0. The summed E-state index contributed by atoms with van der Waals surface area (Å²) in [5, 5.41) is 19.0. The Morgan fingerprint density at radius 2 is 1.83 bits per heavy atom. The third-order valence-corrected chi connectivity index (χ3v) is 2.50. The molecule has 3 N–H and O–H groups in total. The van der Waals surface area contributed by atoms with Crippen LogP contribution in [0.2, 0.25) is 0 Å². The number of fused-ring (bicyclic) bond motifs is 1. The minimum absolute atomic E-state index is 0.354. The summed E-state index contributed by atoms with van der Waals surface area (Å²) in [4.78, 5) is 11.0. The molecule has 4 heteroatoms. The fourth-order valence-electron chi connectivity index (χ4n) is 1.70. The first-order valence-corrected chi connectivity index (χ1v) is 5.51. The summed E-state index contributed by atoms with van der Waals surface area (Å²) in [6.07, 6.45) is 0. The van der Waals surface area contributed by atoms with Gasteiger partial charge in [-0.2, -0.15) is 0 Å². The molecular formula is C14H16N2O2. The van der Waals surface area contributed by atoms with Gasteiger partial charge in [0, 0.05) is 6.54 Å². The Bertz CT molecular complexity index is 521. The van der Waals surface area contributed by atoms with Gasteiger partial charge in [-0.15, -0.1) is 0 Å². The van der Waals surface area contributed by atoms with Crippen LogP contribution in [0, 0.1) is 5.41 Å². The molecule has 0 fully saturated rings. The van der Waals surface area contributed by atoms with E-state index in [1.165, 1.54) is 0 Å². The molecule has 2 aromatic carbocycles. The number of carbonyl (C=O) groups is 1. The summed E-state index contributed by atoms with van der Waals surface area (Å²) in [6.45, 7) is 2.48. The lowest BCUT2D eigenvalue weighted by molar-refractivity contribution is -0.123. The van der Waals surface area contributed by atoms with Crippen molar-refractivity contribution in [2.45, 2.75) is 6.54 Å². The number of carbonyl (C=O) groups excluding carboxylic acids is 1. The van der Waals surface area contributed by atoms with Gasteiger partial charge in [0.1, 0.15) is 6.61 Å². The van der Waals surface area contributed by atoms with Crippen molar-refractivity contribution in [2.75, 3.05) is 6.61 Å². The number of hydrogen-bond acceptors (Lipinski definition) is 3. The maximum atomic E-state index is 11.0. The van der Waals surface area contributed by atoms with Crippen LogP contribution >= 0.6 is 0 Å². The Morgan fingerprint density at radius 3 is 2.56 bits per heavy atom. The van der Waals surface area contributed by atoms with Crippen molar-refractivity contribution >= 4 is 23.4 Å². The average Bonchev–Trinajstić information content (AvgIpc) is 2.46. The molecule has 0 unspecified atom stereocenters. The molecule has 0 saturated carbocycles. The molecule has 0 aliphatic carbocycles. The number of aliphatic hydroxyl groups excluding tert-OH is 1. The summed E-state index contributed by atoms with van der Waals surface area (Å²) < 4.78 is 0. The summed E-state index contributed by atoms with van der Waals surface area (Å²) in [5.41, 5.74) is 1.06. The molecule has 0 saturated heterocycles. The molecule has 0 heterocycles. The molecule has 0 aliphatic rings. The molecule has 0 bridgehead atoms. The van der Waals surface area contributed by atoms with Crippen LogP contribution in [0.1, 0.15) is 5.56 Å². The molecule has 1 amide bonds. The Balaban J connectivity index is 0.000000771. The van der Waals surface area contributed by atoms with Gasteiger partial charge in [0.05, 0.1) is 0 Å². The van der Waals surface area contributed by atoms with Crippen molar-refractivity contribution in [2.24, 2.45) is 0 Å². The Kier molecular flexibility index (Phi) is 5.54. The highest BCUT2D eigenvalue weighted by atomic mass is 16.3. The standard InChI is InChI=1S/C13H13NO2.CH3N/c15-9-13(16)14-8-11-6-3-5-10-4-1-2-7-12(10)11;1-2/h1-7,15H,8-9H2,(H,14,16);2H,1H2. The molecule has 0 aromatic heterocycles. The van der Waals surface area contributed by atoms with E-state index in [1.807, 2.05) is 42.5 Å². The van der Waals surface area contributed by atoms with Gasteiger partial charge in [-0.3, -0.25) is 4.79 Å². The molecule has 94 valence electrons. The van der Waals surface area contributed by atoms with E-state index in [4.69, 9.17) is 10.5 Å². The van der Waals surface area contributed by atoms with Crippen LogP contribution < -0.4 is 5.32 Å². The van der Waals surface area contributed by atoms with Gasteiger partial charge in [-0.1, -0.05) is 42.5 Å². The second-order valence-corrected chi connectivity index (χ2v) is 3.57. The third kappa shape index (κ3) is 3.40. The van der Waals surface area contributed by atoms with Gasteiger partial charge in [0.25, 0.3) is 0 Å². The second-order valence-electron chi connectivity index (χ2n) is 3.57. The van der Waals surface area contributed by atoms with Crippen LogP contribution in [0.5, 0.6) is 0 Å². The average molecular weight is 244 g/mol. The first-order valence-electron chi connectivity index (χ1n) is 5.51. The number of aliphatic hydroxyl groups is 1. The number of nitrogens with one attached hydrogen (secondary N) is 2. The SMILES string of the molecule is C=N.O=C(CO)NCc1cccc2ccccc12. The summed E-state index contributed by atoms with van der Waals surface area (Å²) in [6, 6.07) is 14.0. The largest absolute Gasteiger partial charge is 0.387 e. The minimum Gasteiger partial charge on any atom is -0.387 e. The second kappa shape index (κ2) is 7.19. The Hall–Kier alpha value is -2.20. The van der Waals surface area contributed by atoms with Crippen molar-refractivity contribution in [1.82, 2.24) is 5.32 Å². The van der Waals surface area contributed by atoms with Crippen molar-refractivity contribution in [3.63, 3.8) is 0 Å². The maximum absolute atomic E-state index is 11.0. The van der Waals surface area contributed by atoms with E-state index in [-0.39, 0.29) is 5.91 Å². The first kappa shape index (κ1) is 13.9. The van der Waals surface area contributed by atoms with Crippen LogP contribution in [0.15, 0.2) is 42.5 Å². The zero-order valence-corrected chi connectivity index (χ0v) is 10.0. The van der Waals surface area contributed by atoms with Crippen molar-refractivity contribution in [1.29, 1.82) is 5.41 Å². The van der Waals surface area contributed by atoms with Crippen molar-refractivity contribution in [3.8, 4) is 0 Å². The van der Waals surface area contributed by atoms with Gasteiger partial charge in [-0.05, 0) is 23.1 Å². The number of benzene rings is 2. The van der Waals surface area contributed by atoms with Crippen LogP contribution in [0.4, 0.5) is 0 Å². The molecule has 0 radical (unpaired) electrons. The van der Waals surface area contributed by atoms with E-state index >= 15 is 0 Å². The van der Waals surface area contributed by atoms with E-state index in [1.54, 1.807) is 0 Å². The van der Waals surface area contributed by atoms with Gasteiger partial charge >= 0.3 is 0 Å². The molecule has 2 rings (SSSR count). The van der Waals surface area contributed by atoms with Crippen molar-refractivity contribution in [3.05, 3.63) is 48.0 Å². The topological polar surface area (TPSA) is 73.2 Å². The van der Waals surface area contributed by atoms with Gasteiger partial charge < -0.3 is 15.8 Å². The molecule has 18 heavy (non-hydrogen) atoms. The highest BCUT2D eigenvalue weighted by Crippen LogP contribution is 2.17. The molecular weight excluding hydrogens is 228 g/mol. The first-order chi connectivity index (χ1) is 8.81. The van der Waals surface area contributed by atoms with Gasteiger partial charge in [0.15, 0.2) is 0 Å². The number of hydrogen-bond donors (Lipinski definition) is 3.